The van der Waals surface area contributed by atoms with Crippen molar-refractivity contribution in [3.05, 3.63) is 64.7 Å². The Morgan fingerprint density at radius 2 is 0.837 bits per heavy atom. The average molecular weight is 701 g/mol. The third kappa shape index (κ3) is 10.6. The second kappa shape index (κ2) is 16.4. The van der Waals surface area contributed by atoms with E-state index in [0.29, 0.717) is 17.4 Å². The van der Waals surface area contributed by atoms with Crippen molar-refractivity contribution in [1.82, 2.24) is 0 Å². The molecule has 0 N–H and O–H groups in total. The van der Waals surface area contributed by atoms with Crippen LogP contribution in [0.15, 0.2) is 36.4 Å². The van der Waals surface area contributed by atoms with Gasteiger partial charge in [-0.25, -0.2) is 8.78 Å². The van der Waals surface area contributed by atoms with E-state index in [1.807, 2.05) is 0 Å². The van der Waals surface area contributed by atoms with Crippen LogP contribution in [0.4, 0.5) is 35.1 Å². The lowest BCUT2D eigenvalue weighted by Crippen LogP contribution is -2.25. The normalized spacial score (nSPS) is 31.4. The van der Waals surface area contributed by atoms with Crippen LogP contribution < -0.4 is 4.74 Å². The summed E-state index contributed by atoms with van der Waals surface area (Å²) in [5.74, 6) is 2.22. The Hall–Kier alpha value is -2.32. The predicted octanol–water partition coefficient (Wildman–Crippen LogP) is 13.8. The van der Waals surface area contributed by atoms with Crippen LogP contribution in [-0.4, -0.2) is 6.36 Å². The molecule has 0 saturated heterocycles. The quantitative estimate of drug-likeness (QED) is 0.282. The van der Waals surface area contributed by atoms with Gasteiger partial charge in [0, 0.05) is 0 Å². The second-order valence-electron chi connectivity index (χ2n) is 15.7. The summed E-state index contributed by atoms with van der Waals surface area (Å²) in [6.07, 6.45) is 9.50. The minimum Gasteiger partial charge on any atom is -0.406 e. The maximum atomic E-state index is 13.8. The van der Waals surface area contributed by atoms with Gasteiger partial charge in [-0.15, -0.1) is 13.2 Å². The summed E-state index contributed by atoms with van der Waals surface area (Å²) in [6, 6.07) is 8.26. The molecule has 0 radical (unpaired) electrons. The molecule has 2 aromatic rings. The molecule has 0 unspecified atom stereocenters. The van der Waals surface area contributed by atoms with E-state index in [9.17, 15) is 35.1 Å². The molecule has 0 heterocycles. The Balaban J connectivity index is 0.000000191. The molecule has 0 aromatic heterocycles. The minimum atomic E-state index is -5.00. The van der Waals surface area contributed by atoms with Gasteiger partial charge in [-0.3, -0.25) is 0 Å². The van der Waals surface area contributed by atoms with Crippen molar-refractivity contribution in [3.8, 4) is 5.75 Å². The van der Waals surface area contributed by atoms with Crippen LogP contribution in [0.2, 0.25) is 0 Å². The van der Waals surface area contributed by atoms with Crippen molar-refractivity contribution in [2.75, 3.05) is 0 Å². The third-order valence-electron chi connectivity index (χ3n) is 12.4. The van der Waals surface area contributed by atoms with Gasteiger partial charge in [0.15, 0.2) is 0 Å². The smallest absolute Gasteiger partial charge is 0.406 e. The zero-order valence-electron chi connectivity index (χ0n) is 28.8. The zero-order chi connectivity index (χ0) is 35.3. The van der Waals surface area contributed by atoms with Gasteiger partial charge in [-0.2, -0.15) is 13.2 Å². The lowest BCUT2D eigenvalue weighted by molar-refractivity contribution is -0.274. The first-order valence-electron chi connectivity index (χ1n) is 18.6. The number of hydrogen-bond acceptors (Lipinski definition) is 1. The van der Waals surface area contributed by atoms with E-state index >= 15 is 0 Å². The van der Waals surface area contributed by atoms with Crippen molar-refractivity contribution < 1.29 is 39.9 Å². The van der Waals surface area contributed by atoms with E-state index < -0.39 is 29.7 Å². The number of rotatable bonds is 5. The van der Waals surface area contributed by atoms with Crippen LogP contribution in [-0.2, 0) is 6.18 Å². The number of alkyl halides is 6. The molecule has 0 bridgehead atoms. The monoisotopic (exact) mass is 700 g/mol. The number of benzene rings is 2. The van der Waals surface area contributed by atoms with Crippen molar-refractivity contribution >= 4 is 0 Å². The van der Waals surface area contributed by atoms with Crippen LogP contribution in [0.3, 0.4) is 0 Å². The Labute approximate surface area is 286 Å². The van der Waals surface area contributed by atoms with Gasteiger partial charge in [0.2, 0.25) is 0 Å². The molecule has 1 nitrogen and oxygen atoms in total. The van der Waals surface area contributed by atoms with Crippen LogP contribution in [0, 0.1) is 47.1 Å². The van der Waals surface area contributed by atoms with E-state index in [0.717, 1.165) is 85.8 Å². The SMILES string of the molecule is CC1CCC(C2CCC(c3cc(F)c(C(F)(F)F)c(F)c3)CC2)CC1.CC1CCC(C2CCC(c3ccc(OC(F)(F)F)cc3)CC2)CC1. The number of hydrogen-bond donors (Lipinski definition) is 0. The molecule has 2 aromatic carbocycles. The molecule has 0 aliphatic heterocycles. The first-order valence-corrected chi connectivity index (χ1v) is 18.6. The lowest BCUT2D eigenvalue weighted by Gasteiger charge is -2.37. The van der Waals surface area contributed by atoms with Gasteiger partial charge in [0.25, 0.3) is 0 Å². The minimum absolute atomic E-state index is 0.0370. The van der Waals surface area contributed by atoms with Gasteiger partial charge < -0.3 is 4.74 Å². The molecule has 274 valence electrons. The first-order chi connectivity index (χ1) is 23.2. The van der Waals surface area contributed by atoms with Gasteiger partial charge in [-0.05, 0) is 160 Å². The van der Waals surface area contributed by atoms with Gasteiger partial charge in [0.1, 0.15) is 22.9 Å². The number of ether oxygens (including phenoxy) is 1. The van der Waals surface area contributed by atoms with E-state index in [-0.39, 0.29) is 11.7 Å². The Kier molecular flexibility index (Phi) is 12.7. The van der Waals surface area contributed by atoms with Gasteiger partial charge in [0.05, 0.1) is 0 Å². The lowest BCUT2D eigenvalue weighted by atomic mass is 9.68. The largest absolute Gasteiger partial charge is 0.573 e. The summed E-state index contributed by atoms with van der Waals surface area (Å²) in [4.78, 5) is 0. The summed E-state index contributed by atoms with van der Waals surface area (Å²) in [6.45, 7) is 4.65. The highest BCUT2D eigenvalue weighted by molar-refractivity contribution is 5.31. The molecule has 9 heteroatoms. The molecule has 0 atom stereocenters. The zero-order valence-corrected chi connectivity index (χ0v) is 28.8. The molecular weight excluding hydrogens is 648 g/mol. The Bertz CT molecular complexity index is 1280. The number of halogens is 8. The molecule has 6 rings (SSSR count). The maximum Gasteiger partial charge on any atom is 0.573 e. The highest BCUT2D eigenvalue weighted by Crippen LogP contribution is 2.46. The van der Waals surface area contributed by atoms with Crippen LogP contribution in [0.25, 0.3) is 0 Å². The molecule has 4 fully saturated rings. The fraction of sp³-hybridized carbons (Fsp3) is 0.700. The molecular formula is C40H52F8O. The molecule has 4 aliphatic rings. The summed E-state index contributed by atoms with van der Waals surface area (Å²) >= 11 is 0. The van der Waals surface area contributed by atoms with Crippen molar-refractivity contribution in [2.45, 2.75) is 141 Å². The molecule has 0 amide bonds. The van der Waals surface area contributed by atoms with Crippen LogP contribution in [0.5, 0.6) is 5.75 Å². The first kappa shape index (κ1) is 37.9. The summed E-state index contributed by atoms with van der Waals surface area (Å²) in [7, 11) is 0. The van der Waals surface area contributed by atoms with E-state index in [1.54, 1.807) is 12.1 Å². The van der Waals surface area contributed by atoms with Crippen molar-refractivity contribution in [3.63, 3.8) is 0 Å². The second-order valence-corrected chi connectivity index (χ2v) is 15.7. The molecule has 4 aliphatic carbocycles. The van der Waals surface area contributed by atoms with Crippen molar-refractivity contribution in [2.24, 2.45) is 35.5 Å². The summed E-state index contributed by atoms with van der Waals surface area (Å²) in [5, 5.41) is 0. The topological polar surface area (TPSA) is 9.23 Å². The summed E-state index contributed by atoms with van der Waals surface area (Å²) < 4.78 is 106. The Morgan fingerprint density at radius 3 is 1.18 bits per heavy atom. The van der Waals surface area contributed by atoms with Crippen LogP contribution in [0.1, 0.15) is 145 Å². The highest BCUT2D eigenvalue weighted by Gasteiger charge is 2.39. The highest BCUT2D eigenvalue weighted by atomic mass is 19.4. The third-order valence-corrected chi connectivity index (χ3v) is 12.4. The maximum absolute atomic E-state index is 13.8. The standard InChI is InChI=1S/C20H25F5.C20H27F3O/c1-12-2-4-13(5-3-12)14-6-8-15(9-7-14)16-10-17(21)19(18(22)11-16)20(23,24)25;1-14-2-4-15(5-3-14)16-6-8-17(9-7-16)18-10-12-19(13-11-18)24-20(21,22)23/h10-15H,2-9H2,1H3;10-17H,2-9H2,1H3. The van der Waals surface area contributed by atoms with E-state index in [2.05, 4.69) is 18.6 Å². The molecule has 49 heavy (non-hydrogen) atoms. The molecule has 4 saturated carbocycles. The molecule has 0 spiro atoms. The fourth-order valence-electron chi connectivity index (χ4n) is 9.40. The summed E-state index contributed by atoms with van der Waals surface area (Å²) in [5.41, 5.74) is -0.250. The van der Waals surface area contributed by atoms with E-state index in [4.69, 9.17) is 0 Å². The fourth-order valence-corrected chi connectivity index (χ4v) is 9.40. The van der Waals surface area contributed by atoms with Gasteiger partial charge >= 0.3 is 12.5 Å². The van der Waals surface area contributed by atoms with E-state index in [1.165, 1.54) is 76.3 Å². The van der Waals surface area contributed by atoms with Gasteiger partial charge in [-0.1, -0.05) is 51.7 Å². The predicted molar refractivity (Wildman–Crippen MR) is 176 cm³/mol. The Morgan fingerprint density at radius 1 is 0.490 bits per heavy atom. The van der Waals surface area contributed by atoms with Crippen molar-refractivity contribution in [1.29, 1.82) is 0 Å². The average Bonchev–Trinajstić information content (AvgIpc) is 3.05. The van der Waals surface area contributed by atoms with Crippen LogP contribution >= 0.6 is 0 Å².